The van der Waals surface area contributed by atoms with Gasteiger partial charge in [-0.2, -0.15) is 0 Å². The van der Waals surface area contributed by atoms with E-state index in [-0.39, 0.29) is 11.1 Å². The van der Waals surface area contributed by atoms with Crippen molar-refractivity contribution in [2.24, 2.45) is 0 Å². The van der Waals surface area contributed by atoms with Gasteiger partial charge in [0.05, 0.1) is 29.7 Å². The molecule has 31 heavy (non-hydrogen) atoms. The zero-order valence-electron chi connectivity index (χ0n) is 16.9. The summed E-state index contributed by atoms with van der Waals surface area (Å²) in [7, 11) is 0. The van der Waals surface area contributed by atoms with E-state index in [9.17, 15) is 5.21 Å². The summed E-state index contributed by atoms with van der Waals surface area (Å²) in [6, 6.07) is 6.90. The van der Waals surface area contributed by atoms with Crippen LogP contribution in [0.5, 0.6) is 17.4 Å². The smallest absolute Gasteiger partial charge is 0.213 e. The summed E-state index contributed by atoms with van der Waals surface area (Å²) in [4.78, 5) is 4.25. The van der Waals surface area contributed by atoms with Crippen LogP contribution >= 0.6 is 46.4 Å². The highest BCUT2D eigenvalue weighted by molar-refractivity contribution is 6.55. The molecule has 2 aromatic rings. The summed E-state index contributed by atoms with van der Waals surface area (Å²) in [5, 5.41) is 10.1. The molecule has 0 amide bonds. The normalized spacial score (nSPS) is 11.2. The third-order valence-electron chi connectivity index (χ3n) is 3.90. The Morgan fingerprint density at radius 3 is 2.42 bits per heavy atom. The number of rotatable bonds is 12. The van der Waals surface area contributed by atoms with Gasteiger partial charge in [-0.15, -0.1) is 0 Å². The average molecular weight is 509 g/mol. The van der Waals surface area contributed by atoms with E-state index >= 15 is 0 Å². The molecule has 10 heteroatoms. The number of halogens is 4. The fourth-order valence-corrected chi connectivity index (χ4v) is 3.03. The number of hydroxylamine groups is 1. The molecule has 0 spiro atoms. The molecule has 0 radical (unpaired) electrons. The summed E-state index contributed by atoms with van der Waals surface area (Å²) >= 11 is 23.5. The van der Waals surface area contributed by atoms with Crippen LogP contribution < -0.4 is 14.2 Å². The molecule has 6 nitrogen and oxygen atoms in total. The van der Waals surface area contributed by atoms with Crippen molar-refractivity contribution in [2.75, 3.05) is 26.4 Å². The van der Waals surface area contributed by atoms with Crippen molar-refractivity contribution in [1.82, 2.24) is 4.98 Å². The van der Waals surface area contributed by atoms with E-state index in [0.717, 1.165) is 10.3 Å². The Balaban J connectivity index is 1.75. The van der Waals surface area contributed by atoms with E-state index in [2.05, 4.69) is 4.98 Å². The van der Waals surface area contributed by atoms with Crippen LogP contribution in [-0.2, 0) is 6.42 Å². The number of aromatic nitrogens is 1. The number of hydrogen-bond acceptors (Lipinski definition) is 5. The topological polar surface area (TPSA) is 63.8 Å². The zero-order chi connectivity index (χ0) is 22.6. The summed E-state index contributed by atoms with van der Waals surface area (Å²) in [5.41, 5.74) is 0.974. The van der Waals surface area contributed by atoms with Gasteiger partial charge in [0, 0.05) is 30.8 Å². The second kappa shape index (κ2) is 13.5. The Labute approximate surface area is 201 Å². The first kappa shape index (κ1) is 25.4. The fourth-order valence-electron chi connectivity index (χ4n) is 2.33. The minimum absolute atomic E-state index is 0.119. The minimum atomic E-state index is 0.119. The molecule has 0 atom stereocenters. The van der Waals surface area contributed by atoms with Gasteiger partial charge >= 0.3 is 0 Å². The molecule has 1 aromatic carbocycles. The van der Waals surface area contributed by atoms with Gasteiger partial charge < -0.3 is 14.2 Å². The van der Waals surface area contributed by atoms with Gasteiger partial charge in [-0.1, -0.05) is 52.5 Å². The van der Waals surface area contributed by atoms with Crippen molar-refractivity contribution in [3.63, 3.8) is 0 Å². The van der Waals surface area contributed by atoms with Crippen LogP contribution in [0.1, 0.15) is 18.9 Å². The maximum absolute atomic E-state index is 9.41. The number of hydrogen-bond donors (Lipinski definition) is 1. The molecular weight excluding hydrogens is 486 g/mol. The van der Waals surface area contributed by atoms with E-state index in [0.29, 0.717) is 60.0 Å². The predicted octanol–water partition coefficient (Wildman–Crippen LogP) is 5.97. The summed E-state index contributed by atoms with van der Waals surface area (Å²) in [5.74, 6) is 1.37. The molecule has 1 N–H and O–H groups in total. The van der Waals surface area contributed by atoms with Crippen LogP contribution in [0.2, 0.25) is 10.0 Å². The number of nitrogens with zero attached hydrogens (tertiary/aromatic N) is 2. The van der Waals surface area contributed by atoms with Gasteiger partial charge in [-0.05, 0) is 23.3 Å². The monoisotopic (exact) mass is 507 g/mol. The van der Waals surface area contributed by atoms with Crippen molar-refractivity contribution in [2.45, 2.75) is 19.8 Å². The highest BCUT2D eigenvalue weighted by Gasteiger charge is 2.11. The lowest BCUT2D eigenvalue weighted by Crippen LogP contribution is -2.08. The third kappa shape index (κ3) is 9.44. The van der Waals surface area contributed by atoms with Crippen LogP contribution in [-0.4, -0.2) is 47.5 Å². The first-order valence-electron chi connectivity index (χ1n) is 9.51. The molecular formula is C21H23Cl4N2O4+. The quantitative estimate of drug-likeness (QED) is 0.126. The van der Waals surface area contributed by atoms with Gasteiger partial charge in [-0.25, -0.2) is 4.98 Å². The third-order valence-corrected chi connectivity index (χ3v) is 4.77. The van der Waals surface area contributed by atoms with Gasteiger partial charge in [0.2, 0.25) is 5.88 Å². The van der Waals surface area contributed by atoms with Crippen molar-refractivity contribution >= 4 is 52.6 Å². The number of pyridine rings is 1. The van der Waals surface area contributed by atoms with Gasteiger partial charge in [0.25, 0.3) is 0 Å². The largest absolute Gasteiger partial charge is 0.490 e. The van der Waals surface area contributed by atoms with Crippen LogP contribution in [0.25, 0.3) is 0 Å². The van der Waals surface area contributed by atoms with Crippen molar-refractivity contribution in [3.05, 3.63) is 56.6 Å². The molecule has 0 unspecified atom stereocenters. The zero-order valence-corrected chi connectivity index (χ0v) is 19.9. The van der Waals surface area contributed by atoms with Crippen molar-refractivity contribution < 1.29 is 24.2 Å². The Kier molecular flexibility index (Phi) is 11.1. The van der Waals surface area contributed by atoms with E-state index in [1.807, 2.05) is 13.0 Å². The summed E-state index contributed by atoms with van der Waals surface area (Å²) in [6.45, 7) is 3.37. The standard InChI is InChI=1S/C21H23Cl4N2O4/c1-2-27(28)8-6-15-4-5-20(26-14-15)30-9-3-10-31-21-17(22)12-16(13-18(21)23)29-11-7-19(24)25/h4-5,7-8,12-14,28H,2-3,6,9-11H2,1H3/q+1. The molecule has 1 aromatic heterocycles. The summed E-state index contributed by atoms with van der Waals surface area (Å²) in [6.07, 6.45) is 6.11. The maximum atomic E-state index is 9.41. The minimum Gasteiger partial charge on any atom is -0.490 e. The lowest BCUT2D eigenvalue weighted by Gasteiger charge is -2.12. The van der Waals surface area contributed by atoms with E-state index in [1.165, 1.54) is 6.08 Å². The molecule has 0 aliphatic heterocycles. The molecule has 0 aliphatic carbocycles. The van der Waals surface area contributed by atoms with Gasteiger partial charge in [-0.3, -0.25) is 5.21 Å². The maximum Gasteiger partial charge on any atom is 0.213 e. The van der Waals surface area contributed by atoms with E-state index < -0.39 is 0 Å². The second-order valence-corrected chi connectivity index (χ2v) is 8.04. The Morgan fingerprint density at radius 1 is 1.10 bits per heavy atom. The van der Waals surface area contributed by atoms with Crippen molar-refractivity contribution in [1.29, 1.82) is 0 Å². The number of benzene rings is 1. The fraction of sp³-hybridized carbons (Fsp3) is 0.333. The summed E-state index contributed by atoms with van der Waals surface area (Å²) < 4.78 is 18.0. The molecule has 0 saturated heterocycles. The SMILES string of the molecule is CC[N+](O)=CCc1ccc(OCCCOc2c(Cl)cc(OCC=C(Cl)Cl)cc2Cl)nc1. The molecule has 0 saturated carbocycles. The van der Waals surface area contributed by atoms with E-state index in [4.69, 9.17) is 60.6 Å². The Hall–Kier alpha value is -1.86. The molecule has 0 bridgehead atoms. The Morgan fingerprint density at radius 2 is 1.81 bits per heavy atom. The predicted molar refractivity (Wildman–Crippen MR) is 124 cm³/mol. The first-order chi connectivity index (χ1) is 14.9. The molecule has 2 rings (SSSR count). The molecule has 168 valence electrons. The highest BCUT2D eigenvalue weighted by atomic mass is 35.5. The molecule has 1 heterocycles. The first-order valence-corrected chi connectivity index (χ1v) is 11.0. The van der Waals surface area contributed by atoms with Crippen molar-refractivity contribution in [3.8, 4) is 17.4 Å². The van der Waals surface area contributed by atoms with Crippen LogP contribution in [0.3, 0.4) is 0 Å². The lowest BCUT2D eigenvalue weighted by molar-refractivity contribution is -0.769. The lowest BCUT2D eigenvalue weighted by atomic mass is 10.2. The highest BCUT2D eigenvalue weighted by Crippen LogP contribution is 2.37. The van der Waals surface area contributed by atoms with Crippen LogP contribution in [0, 0.1) is 0 Å². The van der Waals surface area contributed by atoms with Crippen LogP contribution in [0.4, 0.5) is 0 Å². The van der Waals surface area contributed by atoms with E-state index in [1.54, 1.807) is 30.6 Å². The number of ether oxygens (including phenoxy) is 3. The van der Waals surface area contributed by atoms with Crippen LogP contribution in [0.15, 0.2) is 41.0 Å². The average Bonchev–Trinajstić information content (AvgIpc) is 2.74. The van der Waals surface area contributed by atoms with Gasteiger partial charge in [0.15, 0.2) is 18.5 Å². The Bertz CT molecular complexity index is 878. The molecule has 0 fully saturated rings. The second-order valence-electron chi connectivity index (χ2n) is 6.22. The molecule has 0 aliphatic rings. The van der Waals surface area contributed by atoms with Gasteiger partial charge in [0.1, 0.15) is 16.8 Å².